The Morgan fingerprint density at radius 2 is 1.92 bits per heavy atom. The molecule has 0 bridgehead atoms. The summed E-state index contributed by atoms with van der Waals surface area (Å²) in [7, 11) is 1.78. The maximum Gasteiger partial charge on any atom is 0.225 e. The van der Waals surface area contributed by atoms with Gasteiger partial charge >= 0.3 is 0 Å². The van der Waals surface area contributed by atoms with Crippen LogP contribution in [0.1, 0.15) is 25.0 Å². The van der Waals surface area contributed by atoms with Crippen molar-refractivity contribution in [3.05, 3.63) is 42.4 Å². The van der Waals surface area contributed by atoms with Crippen molar-refractivity contribution in [1.82, 2.24) is 15.0 Å². The van der Waals surface area contributed by atoms with Crippen molar-refractivity contribution >= 4 is 11.8 Å². The number of pyridine rings is 1. The normalized spacial score (nSPS) is 22.2. The van der Waals surface area contributed by atoms with Gasteiger partial charge in [-0.2, -0.15) is 0 Å². The third-order valence-electron chi connectivity index (χ3n) is 5.80. The number of piperidine rings is 1. The van der Waals surface area contributed by atoms with Crippen LogP contribution in [-0.2, 0) is 4.74 Å². The predicted molar refractivity (Wildman–Crippen MR) is 103 cm³/mol. The minimum absolute atomic E-state index is 0.322. The molecule has 6 heteroatoms. The highest BCUT2D eigenvalue weighted by atomic mass is 16.5. The maximum atomic E-state index is 5.50. The largest absolute Gasteiger partial charge is 0.383 e. The molecule has 2 aliphatic heterocycles. The number of rotatable bonds is 4. The van der Waals surface area contributed by atoms with E-state index in [-0.39, 0.29) is 0 Å². The Morgan fingerprint density at radius 1 is 1.15 bits per heavy atom. The molecule has 0 unspecified atom stereocenters. The average molecular weight is 353 g/mol. The summed E-state index contributed by atoms with van der Waals surface area (Å²) in [4.78, 5) is 18.4. The van der Waals surface area contributed by atoms with Crippen molar-refractivity contribution in [1.29, 1.82) is 0 Å². The Bertz CT molecular complexity index is 730. The van der Waals surface area contributed by atoms with Gasteiger partial charge in [0.2, 0.25) is 5.95 Å². The molecule has 4 rings (SSSR count). The zero-order chi connectivity index (χ0) is 18.0. The highest BCUT2D eigenvalue weighted by Crippen LogP contribution is 2.44. The van der Waals surface area contributed by atoms with E-state index in [1.807, 2.05) is 18.5 Å². The monoisotopic (exact) mass is 353 g/mol. The van der Waals surface area contributed by atoms with Crippen molar-refractivity contribution in [3.8, 4) is 0 Å². The lowest BCUT2D eigenvalue weighted by molar-refractivity contribution is 0.166. The van der Waals surface area contributed by atoms with E-state index in [2.05, 4.69) is 44.9 Å². The van der Waals surface area contributed by atoms with Crippen LogP contribution in [0.5, 0.6) is 0 Å². The summed E-state index contributed by atoms with van der Waals surface area (Å²) < 4.78 is 5.50. The van der Waals surface area contributed by atoms with Gasteiger partial charge in [0.05, 0.1) is 12.6 Å². The molecule has 0 saturated carbocycles. The first-order valence-corrected chi connectivity index (χ1v) is 9.40. The summed E-state index contributed by atoms with van der Waals surface area (Å²) in [6, 6.07) is 8.50. The molecule has 1 spiro atoms. The molecule has 0 N–H and O–H groups in total. The Balaban J connectivity index is 1.48. The first-order chi connectivity index (χ1) is 12.7. The SMILES string of the molecule is COC[C@H]1CC2(CCN(c3cccc(C)n3)CC2)CN1c1ncccn1. The van der Waals surface area contributed by atoms with Gasteiger partial charge < -0.3 is 14.5 Å². The van der Waals surface area contributed by atoms with Crippen molar-refractivity contribution in [2.45, 2.75) is 32.2 Å². The van der Waals surface area contributed by atoms with Gasteiger partial charge in [0, 0.05) is 44.8 Å². The van der Waals surface area contributed by atoms with Crippen molar-refractivity contribution in [2.75, 3.05) is 43.2 Å². The fourth-order valence-electron chi connectivity index (χ4n) is 4.46. The summed E-state index contributed by atoms with van der Waals surface area (Å²) in [5.41, 5.74) is 1.40. The standard InChI is InChI=1S/C20H27N5O/c1-16-5-3-6-18(23-16)24-11-7-20(8-12-24)13-17(14-26-2)25(15-20)19-21-9-4-10-22-19/h3-6,9-10,17H,7-8,11-15H2,1-2H3/t17-/m1/s1. The summed E-state index contributed by atoms with van der Waals surface area (Å²) in [5, 5.41) is 0. The summed E-state index contributed by atoms with van der Waals surface area (Å²) in [6.45, 7) is 5.90. The Morgan fingerprint density at radius 3 is 2.62 bits per heavy atom. The number of anilines is 2. The van der Waals surface area contributed by atoms with E-state index < -0.39 is 0 Å². The van der Waals surface area contributed by atoms with Gasteiger partial charge in [0.1, 0.15) is 5.82 Å². The van der Waals surface area contributed by atoms with Crippen LogP contribution in [-0.4, -0.2) is 54.3 Å². The molecule has 138 valence electrons. The molecule has 2 saturated heterocycles. The molecule has 2 aromatic heterocycles. The smallest absolute Gasteiger partial charge is 0.225 e. The van der Waals surface area contributed by atoms with Crippen LogP contribution >= 0.6 is 0 Å². The minimum Gasteiger partial charge on any atom is -0.383 e. The van der Waals surface area contributed by atoms with E-state index in [1.54, 1.807) is 7.11 Å². The zero-order valence-corrected chi connectivity index (χ0v) is 15.6. The molecule has 26 heavy (non-hydrogen) atoms. The maximum absolute atomic E-state index is 5.50. The molecule has 6 nitrogen and oxygen atoms in total. The molecule has 0 aromatic carbocycles. The molecule has 0 radical (unpaired) electrons. The van der Waals surface area contributed by atoms with Gasteiger partial charge in [-0.05, 0) is 49.8 Å². The van der Waals surface area contributed by atoms with Crippen LogP contribution in [0.4, 0.5) is 11.8 Å². The van der Waals surface area contributed by atoms with Crippen LogP contribution in [0.25, 0.3) is 0 Å². The summed E-state index contributed by atoms with van der Waals surface area (Å²) in [5.74, 6) is 1.93. The predicted octanol–water partition coefficient (Wildman–Crippen LogP) is 2.69. The molecule has 4 heterocycles. The van der Waals surface area contributed by atoms with E-state index in [0.29, 0.717) is 11.5 Å². The molecule has 0 amide bonds. The van der Waals surface area contributed by atoms with Crippen LogP contribution in [0.3, 0.4) is 0 Å². The highest BCUT2D eigenvalue weighted by Gasteiger charge is 2.46. The van der Waals surface area contributed by atoms with Gasteiger partial charge in [-0.3, -0.25) is 0 Å². The van der Waals surface area contributed by atoms with Crippen LogP contribution in [0.15, 0.2) is 36.7 Å². The lowest BCUT2D eigenvalue weighted by Crippen LogP contribution is -2.42. The topological polar surface area (TPSA) is 54.4 Å². The molecular formula is C20H27N5O. The number of ether oxygens (including phenoxy) is 1. The van der Waals surface area contributed by atoms with Gasteiger partial charge in [-0.25, -0.2) is 15.0 Å². The number of aromatic nitrogens is 3. The lowest BCUT2D eigenvalue weighted by atomic mass is 9.76. The van der Waals surface area contributed by atoms with E-state index >= 15 is 0 Å². The van der Waals surface area contributed by atoms with E-state index in [4.69, 9.17) is 9.72 Å². The highest BCUT2D eigenvalue weighted by molar-refractivity contribution is 5.41. The van der Waals surface area contributed by atoms with Crippen molar-refractivity contribution in [2.24, 2.45) is 5.41 Å². The molecule has 0 aliphatic carbocycles. The molecular weight excluding hydrogens is 326 g/mol. The van der Waals surface area contributed by atoms with Crippen molar-refractivity contribution in [3.63, 3.8) is 0 Å². The quantitative estimate of drug-likeness (QED) is 0.842. The van der Waals surface area contributed by atoms with Gasteiger partial charge in [-0.1, -0.05) is 6.07 Å². The molecule has 2 aliphatic rings. The first kappa shape index (κ1) is 17.2. The second-order valence-corrected chi connectivity index (χ2v) is 7.61. The fraction of sp³-hybridized carbons (Fsp3) is 0.550. The van der Waals surface area contributed by atoms with Gasteiger partial charge in [0.25, 0.3) is 0 Å². The number of hydrogen-bond donors (Lipinski definition) is 0. The van der Waals surface area contributed by atoms with Crippen molar-refractivity contribution < 1.29 is 4.74 Å². The van der Waals surface area contributed by atoms with Gasteiger partial charge in [-0.15, -0.1) is 0 Å². The Labute approximate surface area is 155 Å². The second kappa shape index (κ2) is 7.19. The molecule has 2 aromatic rings. The number of nitrogens with zero attached hydrogens (tertiary/aromatic N) is 5. The zero-order valence-electron chi connectivity index (χ0n) is 15.6. The van der Waals surface area contributed by atoms with Gasteiger partial charge in [0.15, 0.2) is 0 Å². The minimum atomic E-state index is 0.322. The number of aryl methyl sites for hydroxylation is 1. The lowest BCUT2D eigenvalue weighted by Gasteiger charge is -2.39. The molecule has 2 fully saturated rings. The van der Waals surface area contributed by atoms with E-state index in [1.165, 1.54) is 12.8 Å². The van der Waals surface area contributed by atoms with Crippen LogP contribution in [0.2, 0.25) is 0 Å². The third kappa shape index (κ3) is 3.38. The van der Waals surface area contributed by atoms with E-state index in [9.17, 15) is 0 Å². The number of methoxy groups -OCH3 is 1. The molecule has 1 atom stereocenters. The third-order valence-corrected chi connectivity index (χ3v) is 5.80. The van der Waals surface area contributed by atoms with E-state index in [0.717, 1.165) is 50.1 Å². The second-order valence-electron chi connectivity index (χ2n) is 7.61. The first-order valence-electron chi connectivity index (χ1n) is 9.40. The fourth-order valence-corrected chi connectivity index (χ4v) is 4.46. The van der Waals surface area contributed by atoms with Crippen LogP contribution in [0, 0.1) is 12.3 Å². The Kier molecular flexibility index (Phi) is 4.76. The average Bonchev–Trinajstić information content (AvgIpc) is 3.01. The van der Waals surface area contributed by atoms with Crippen LogP contribution < -0.4 is 9.80 Å². The number of hydrogen-bond acceptors (Lipinski definition) is 6. The summed E-state index contributed by atoms with van der Waals surface area (Å²) >= 11 is 0. The summed E-state index contributed by atoms with van der Waals surface area (Å²) in [6.07, 6.45) is 7.14. The Hall–Kier alpha value is -2.21.